The largest absolute Gasteiger partial charge is 0.474 e. The van der Waals surface area contributed by atoms with Gasteiger partial charge in [0.05, 0.1) is 0 Å². The van der Waals surface area contributed by atoms with E-state index in [2.05, 4.69) is 17.1 Å². The van der Waals surface area contributed by atoms with Crippen LogP contribution in [-0.2, 0) is 6.54 Å². The highest BCUT2D eigenvalue weighted by Gasteiger charge is 2.18. The molecule has 2 N–H and O–H groups in total. The molecule has 18 heavy (non-hydrogen) atoms. The molecule has 1 heterocycles. The normalized spacial score (nSPS) is 16.3. The average Bonchev–Trinajstić information content (AvgIpc) is 2.92. The number of ether oxygens (including phenoxy) is 1. The summed E-state index contributed by atoms with van der Waals surface area (Å²) in [6.07, 6.45) is 7.01. The van der Waals surface area contributed by atoms with E-state index in [1.165, 1.54) is 12.8 Å². The summed E-state index contributed by atoms with van der Waals surface area (Å²) < 4.78 is 6.04. The van der Waals surface area contributed by atoms with E-state index >= 15 is 0 Å². The molecule has 2 aromatic rings. The minimum atomic E-state index is 0.338. The molecular weight excluding hydrogens is 224 g/mol. The zero-order valence-electron chi connectivity index (χ0n) is 10.4. The summed E-state index contributed by atoms with van der Waals surface area (Å²) in [7, 11) is 0. The van der Waals surface area contributed by atoms with Crippen LogP contribution in [0.2, 0.25) is 0 Å². The maximum Gasteiger partial charge on any atom is 0.221 e. The minimum Gasteiger partial charge on any atom is -0.474 e. The van der Waals surface area contributed by atoms with Crippen LogP contribution in [0.15, 0.2) is 30.5 Å². The number of nitrogens with zero attached hydrogens (tertiary/aromatic N) is 1. The number of hydrogen-bond acceptors (Lipinski definition) is 3. The number of hydrogen-bond donors (Lipinski definition) is 1. The van der Waals surface area contributed by atoms with Gasteiger partial charge in [0.1, 0.15) is 6.10 Å². The highest BCUT2D eigenvalue weighted by molar-refractivity contribution is 5.89. The number of nitrogens with two attached hydrogens (primary N) is 1. The van der Waals surface area contributed by atoms with E-state index in [1.54, 1.807) is 0 Å². The minimum absolute atomic E-state index is 0.338. The van der Waals surface area contributed by atoms with Crippen LogP contribution in [0.4, 0.5) is 0 Å². The lowest BCUT2D eigenvalue weighted by molar-refractivity contribution is 0.204. The van der Waals surface area contributed by atoms with Crippen LogP contribution in [0.25, 0.3) is 10.8 Å². The first-order valence-electron chi connectivity index (χ1n) is 6.62. The molecule has 3 heteroatoms. The highest BCUT2D eigenvalue weighted by atomic mass is 16.5. The Morgan fingerprint density at radius 3 is 2.61 bits per heavy atom. The third-order valence-corrected chi connectivity index (χ3v) is 3.64. The SMILES string of the molecule is NCc1cnc(OC2CCCC2)c2ccccc12. The standard InChI is InChI=1S/C15H18N2O/c16-9-11-10-17-15(18-12-5-1-2-6-12)14-8-4-3-7-13(11)14/h3-4,7-8,10,12H,1-2,5-6,9,16H2. The van der Waals surface area contributed by atoms with Gasteiger partial charge in [-0.15, -0.1) is 0 Å². The van der Waals surface area contributed by atoms with E-state index < -0.39 is 0 Å². The van der Waals surface area contributed by atoms with Crippen LogP contribution in [0, 0.1) is 0 Å². The molecule has 0 bridgehead atoms. The lowest BCUT2D eigenvalue weighted by Gasteiger charge is -2.15. The highest BCUT2D eigenvalue weighted by Crippen LogP contribution is 2.29. The zero-order valence-corrected chi connectivity index (χ0v) is 10.4. The molecule has 0 aliphatic heterocycles. The average molecular weight is 242 g/mol. The molecule has 0 saturated heterocycles. The van der Waals surface area contributed by atoms with Gasteiger partial charge < -0.3 is 10.5 Å². The quantitative estimate of drug-likeness (QED) is 0.900. The number of aromatic nitrogens is 1. The predicted octanol–water partition coefficient (Wildman–Crippen LogP) is 3.01. The van der Waals surface area contributed by atoms with Gasteiger partial charge in [0.2, 0.25) is 5.88 Å². The first-order valence-corrected chi connectivity index (χ1v) is 6.62. The van der Waals surface area contributed by atoms with Crippen LogP contribution in [-0.4, -0.2) is 11.1 Å². The van der Waals surface area contributed by atoms with Crippen LogP contribution in [0.3, 0.4) is 0 Å². The number of rotatable bonds is 3. The van der Waals surface area contributed by atoms with Gasteiger partial charge in [0.15, 0.2) is 0 Å². The Hall–Kier alpha value is -1.61. The van der Waals surface area contributed by atoms with Crippen molar-refractivity contribution in [2.75, 3.05) is 0 Å². The third-order valence-electron chi connectivity index (χ3n) is 3.64. The van der Waals surface area contributed by atoms with E-state index in [0.717, 1.165) is 35.1 Å². The van der Waals surface area contributed by atoms with Crippen molar-refractivity contribution in [2.24, 2.45) is 5.73 Å². The summed E-state index contributed by atoms with van der Waals surface area (Å²) in [5, 5.41) is 2.23. The monoisotopic (exact) mass is 242 g/mol. The lowest BCUT2D eigenvalue weighted by atomic mass is 10.1. The second-order valence-corrected chi connectivity index (χ2v) is 4.86. The Morgan fingerprint density at radius 2 is 1.89 bits per heavy atom. The van der Waals surface area contributed by atoms with Crippen molar-refractivity contribution in [3.8, 4) is 5.88 Å². The van der Waals surface area contributed by atoms with E-state index in [4.69, 9.17) is 10.5 Å². The molecule has 1 fully saturated rings. The second-order valence-electron chi connectivity index (χ2n) is 4.86. The fourth-order valence-electron chi connectivity index (χ4n) is 2.65. The van der Waals surface area contributed by atoms with Gasteiger partial charge >= 0.3 is 0 Å². The second kappa shape index (κ2) is 4.94. The molecular formula is C15H18N2O. The van der Waals surface area contributed by atoms with Crippen LogP contribution in [0.1, 0.15) is 31.2 Å². The van der Waals surface area contributed by atoms with Gasteiger partial charge in [0.25, 0.3) is 0 Å². The molecule has 0 atom stereocenters. The smallest absolute Gasteiger partial charge is 0.221 e. The van der Waals surface area contributed by atoms with E-state index in [1.807, 2.05) is 18.3 Å². The van der Waals surface area contributed by atoms with Gasteiger partial charge in [-0.1, -0.05) is 18.2 Å². The summed E-state index contributed by atoms with van der Waals surface area (Å²) >= 11 is 0. The van der Waals surface area contributed by atoms with E-state index in [9.17, 15) is 0 Å². The van der Waals surface area contributed by atoms with E-state index in [-0.39, 0.29) is 0 Å². The molecule has 3 rings (SSSR count). The maximum absolute atomic E-state index is 6.04. The Labute approximate surface area is 107 Å². The van der Waals surface area contributed by atoms with Crippen molar-refractivity contribution >= 4 is 10.8 Å². The number of fused-ring (bicyclic) bond motifs is 1. The predicted molar refractivity (Wildman–Crippen MR) is 72.5 cm³/mol. The maximum atomic E-state index is 6.04. The van der Waals surface area contributed by atoms with Crippen LogP contribution < -0.4 is 10.5 Å². The molecule has 1 saturated carbocycles. The van der Waals surface area contributed by atoms with Crippen molar-refractivity contribution in [3.63, 3.8) is 0 Å². The van der Waals surface area contributed by atoms with Crippen molar-refractivity contribution in [1.29, 1.82) is 0 Å². The van der Waals surface area contributed by atoms with E-state index in [0.29, 0.717) is 12.6 Å². The van der Waals surface area contributed by atoms with Gasteiger partial charge in [-0.05, 0) is 42.7 Å². The van der Waals surface area contributed by atoms with Gasteiger partial charge in [0, 0.05) is 18.1 Å². The molecule has 1 aromatic carbocycles. The molecule has 94 valence electrons. The molecule has 0 spiro atoms. The van der Waals surface area contributed by atoms with Crippen molar-refractivity contribution in [1.82, 2.24) is 4.98 Å². The summed E-state index contributed by atoms with van der Waals surface area (Å²) in [5.74, 6) is 0.759. The number of benzene rings is 1. The molecule has 0 unspecified atom stereocenters. The third kappa shape index (κ3) is 2.06. The summed E-state index contributed by atoms with van der Waals surface area (Å²) in [5.41, 5.74) is 6.82. The fraction of sp³-hybridized carbons (Fsp3) is 0.400. The molecule has 3 nitrogen and oxygen atoms in total. The van der Waals surface area contributed by atoms with Crippen LogP contribution >= 0.6 is 0 Å². The summed E-state index contributed by atoms with van der Waals surface area (Å²) in [6.45, 7) is 0.511. The Balaban J connectivity index is 2.01. The Bertz CT molecular complexity index is 547. The molecule has 0 amide bonds. The molecule has 1 aromatic heterocycles. The molecule has 1 aliphatic rings. The first kappa shape index (κ1) is 11.5. The fourth-order valence-corrected chi connectivity index (χ4v) is 2.65. The van der Waals surface area contributed by atoms with Gasteiger partial charge in [-0.3, -0.25) is 0 Å². The zero-order chi connectivity index (χ0) is 12.4. The molecule has 1 aliphatic carbocycles. The lowest BCUT2D eigenvalue weighted by Crippen LogP contribution is -2.12. The topological polar surface area (TPSA) is 48.1 Å². The Morgan fingerprint density at radius 1 is 1.17 bits per heavy atom. The Kier molecular flexibility index (Phi) is 3.15. The van der Waals surface area contributed by atoms with Gasteiger partial charge in [-0.25, -0.2) is 4.98 Å². The summed E-state index contributed by atoms with van der Waals surface area (Å²) in [6, 6.07) is 8.19. The van der Waals surface area contributed by atoms with Gasteiger partial charge in [-0.2, -0.15) is 0 Å². The summed E-state index contributed by atoms with van der Waals surface area (Å²) in [4.78, 5) is 4.44. The first-order chi connectivity index (χ1) is 8.88. The molecule has 0 radical (unpaired) electrons. The number of pyridine rings is 1. The van der Waals surface area contributed by atoms with Crippen molar-refractivity contribution in [2.45, 2.75) is 38.3 Å². The van der Waals surface area contributed by atoms with Crippen LogP contribution in [0.5, 0.6) is 5.88 Å². The van der Waals surface area contributed by atoms with Crippen molar-refractivity contribution in [3.05, 3.63) is 36.0 Å². The van der Waals surface area contributed by atoms with Crippen molar-refractivity contribution < 1.29 is 4.74 Å².